The van der Waals surface area contributed by atoms with Crippen LogP contribution in [0.2, 0.25) is 0 Å². The first-order chi connectivity index (χ1) is 3.79. The van der Waals surface area contributed by atoms with E-state index in [9.17, 15) is 4.79 Å². The van der Waals surface area contributed by atoms with Crippen LogP contribution < -0.4 is 0 Å². The number of carboxylic acid groups (broad SMARTS) is 1. The molecule has 2 nitrogen and oxygen atoms in total. The number of carbonyl (C=O) groups is 1. The van der Waals surface area contributed by atoms with Crippen LogP contribution in [0.1, 0.15) is 25.7 Å². The van der Waals surface area contributed by atoms with Crippen molar-refractivity contribution in [2.24, 2.45) is 0 Å². The molecular formula is C6H9O2. The van der Waals surface area contributed by atoms with E-state index in [1.165, 1.54) is 18.8 Å². The van der Waals surface area contributed by atoms with Crippen molar-refractivity contribution in [2.45, 2.75) is 25.7 Å². The molecule has 8 heavy (non-hydrogen) atoms. The second-order valence-electron chi connectivity index (χ2n) is 2.14. The Morgan fingerprint density at radius 1 is 1.62 bits per heavy atom. The van der Waals surface area contributed by atoms with Gasteiger partial charge in [0.05, 0.1) is 0 Å². The highest BCUT2D eigenvalue weighted by atomic mass is 16.4. The van der Waals surface area contributed by atoms with Crippen LogP contribution in [0, 0.1) is 5.92 Å². The first-order valence-corrected chi connectivity index (χ1v) is 2.84. The van der Waals surface area contributed by atoms with E-state index in [-0.39, 0.29) is 0 Å². The monoisotopic (exact) mass is 113 g/mol. The molecule has 1 aliphatic rings. The van der Waals surface area contributed by atoms with Crippen LogP contribution in [0.25, 0.3) is 0 Å². The molecule has 0 heterocycles. The standard InChI is InChI=1S/C6H9O2/c7-6(8)4-3-5-1-2-5/h1-4H2,(H,7,8). The summed E-state index contributed by atoms with van der Waals surface area (Å²) in [6.45, 7) is 0. The Labute approximate surface area is 48.5 Å². The van der Waals surface area contributed by atoms with E-state index in [0.29, 0.717) is 6.42 Å². The van der Waals surface area contributed by atoms with Crippen LogP contribution in [0.3, 0.4) is 0 Å². The van der Waals surface area contributed by atoms with Gasteiger partial charge in [-0.05, 0) is 25.2 Å². The molecule has 0 aromatic rings. The number of aliphatic carboxylic acids is 1. The lowest BCUT2D eigenvalue weighted by molar-refractivity contribution is -0.137. The molecule has 1 N–H and O–H groups in total. The van der Waals surface area contributed by atoms with Gasteiger partial charge in [-0.2, -0.15) is 0 Å². The van der Waals surface area contributed by atoms with Gasteiger partial charge in [0.2, 0.25) is 0 Å². The molecule has 1 saturated carbocycles. The van der Waals surface area contributed by atoms with Gasteiger partial charge in [0.1, 0.15) is 0 Å². The van der Waals surface area contributed by atoms with Gasteiger partial charge in [-0.3, -0.25) is 4.79 Å². The minimum atomic E-state index is -0.676. The summed E-state index contributed by atoms with van der Waals surface area (Å²) in [5.74, 6) is 0.747. The van der Waals surface area contributed by atoms with Crippen LogP contribution in [0.15, 0.2) is 0 Å². The maximum Gasteiger partial charge on any atom is 0.303 e. The highest BCUT2D eigenvalue weighted by Crippen LogP contribution is 2.35. The molecule has 2 heteroatoms. The predicted octanol–water partition coefficient (Wildman–Crippen LogP) is 1.22. The SMILES string of the molecule is O=C(O)CC[C]1CC1. The fraction of sp³-hybridized carbons (Fsp3) is 0.667. The zero-order chi connectivity index (χ0) is 5.98. The molecule has 0 aromatic carbocycles. The number of carboxylic acids is 1. The van der Waals surface area contributed by atoms with Gasteiger partial charge < -0.3 is 5.11 Å². The summed E-state index contributed by atoms with van der Waals surface area (Å²) in [5, 5.41) is 8.18. The average molecular weight is 113 g/mol. The van der Waals surface area contributed by atoms with E-state index in [1.54, 1.807) is 0 Å². The zero-order valence-electron chi connectivity index (χ0n) is 4.68. The van der Waals surface area contributed by atoms with E-state index < -0.39 is 5.97 Å². The maximum atomic E-state index is 9.92. The summed E-state index contributed by atoms with van der Waals surface area (Å²) in [4.78, 5) is 9.92. The van der Waals surface area contributed by atoms with Gasteiger partial charge in [0, 0.05) is 6.42 Å². The molecule has 1 rings (SSSR count). The summed E-state index contributed by atoms with van der Waals surface area (Å²) in [5.41, 5.74) is 0. The van der Waals surface area contributed by atoms with Crippen molar-refractivity contribution in [3.05, 3.63) is 5.92 Å². The molecule has 1 radical (unpaired) electrons. The molecule has 1 fully saturated rings. The van der Waals surface area contributed by atoms with E-state index in [1.807, 2.05) is 0 Å². The second kappa shape index (κ2) is 2.16. The zero-order valence-corrected chi connectivity index (χ0v) is 4.68. The van der Waals surface area contributed by atoms with Crippen LogP contribution in [-0.2, 0) is 4.79 Å². The van der Waals surface area contributed by atoms with Crippen molar-refractivity contribution >= 4 is 5.97 Å². The molecule has 0 amide bonds. The van der Waals surface area contributed by atoms with Crippen LogP contribution >= 0.6 is 0 Å². The topological polar surface area (TPSA) is 37.3 Å². The smallest absolute Gasteiger partial charge is 0.303 e. The van der Waals surface area contributed by atoms with E-state index in [0.717, 1.165) is 6.42 Å². The molecule has 0 atom stereocenters. The van der Waals surface area contributed by atoms with Crippen molar-refractivity contribution in [1.82, 2.24) is 0 Å². The van der Waals surface area contributed by atoms with Gasteiger partial charge >= 0.3 is 5.97 Å². The lowest BCUT2D eigenvalue weighted by Crippen LogP contribution is -1.93. The van der Waals surface area contributed by atoms with E-state index >= 15 is 0 Å². The van der Waals surface area contributed by atoms with Crippen LogP contribution in [0.4, 0.5) is 0 Å². The maximum absolute atomic E-state index is 9.92. The number of rotatable bonds is 3. The fourth-order valence-electron chi connectivity index (χ4n) is 0.622. The molecule has 0 bridgehead atoms. The third kappa shape index (κ3) is 1.96. The van der Waals surface area contributed by atoms with Crippen LogP contribution in [-0.4, -0.2) is 11.1 Å². The normalized spacial score (nSPS) is 18.5. The largest absolute Gasteiger partial charge is 0.481 e. The Bertz CT molecular complexity index is 94.7. The molecule has 0 aromatic heterocycles. The predicted molar refractivity (Wildman–Crippen MR) is 29.3 cm³/mol. The van der Waals surface area contributed by atoms with Crippen LogP contribution in [0.5, 0.6) is 0 Å². The lowest BCUT2D eigenvalue weighted by atomic mass is 10.2. The molecule has 0 unspecified atom stereocenters. The van der Waals surface area contributed by atoms with E-state index in [4.69, 9.17) is 5.11 Å². The summed E-state index contributed by atoms with van der Waals surface area (Å²) in [7, 11) is 0. The third-order valence-corrected chi connectivity index (χ3v) is 1.30. The summed E-state index contributed by atoms with van der Waals surface area (Å²) < 4.78 is 0. The Morgan fingerprint density at radius 3 is 2.62 bits per heavy atom. The minimum absolute atomic E-state index is 0.329. The van der Waals surface area contributed by atoms with Crippen molar-refractivity contribution in [1.29, 1.82) is 0 Å². The van der Waals surface area contributed by atoms with Gasteiger partial charge in [-0.25, -0.2) is 0 Å². The summed E-state index contributed by atoms with van der Waals surface area (Å²) in [6, 6.07) is 0. The molecule has 0 aliphatic heterocycles. The second-order valence-corrected chi connectivity index (χ2v) is 2.14. The van der Waals surface area contributed by atoms with Crippen molar-refractivity contribution in [2.75, 3.05) is 0 Å². The first kappa shape index (κ1) is 5.60. The number of hydrogen-bond donors (Lipinski definition) is 1. The Balaban J connectivity index is 1.95. The third-order valence-electron chi connectivity index (χ3n) is 1.30. The quantitative estimate of drug-likeness (QED) is 0.597. The minimum Gasteiger partial charge on any atom is -0.481 e. The van der Waals surface area contributed by atoms with Gasteiger partial charge in [0.15, 0.2) is 0 Å². The Kier molecular flexibility index (Phi) is 1.51. The first-order valence-electron chi connectivity index (χ1n) is 2.84. The summed E-state index contributed by atoms with van der Waals surface area (Å²) >= 11 is 0. The number of hydrogen-bond acceptors (Lipinski definition) is 1. The van der Waals surface area contributed by atoms with Crippen molar-refractivity contribution < 1.29 is 9.90 Å². The van der Waals surface area contributed by atoms with Gasteiger partial charge in [-0.1, -0.05) is 0 Å². The van der Waals surface area contributed by atoms with Gasteiger partial charge in [-0.15, -0.1) is 0 Å². The van der Waals surface area contributed by atoms with Crippen molar-refractivity contribution in [3.63, 3.8) is 0 Å². The molecular weight excluding hydrogens is 104 g/mol. The molecule has 45 valence electrons. The Morgan fingerprint density at radius 2 is 2.25 bits per heavy atom. The van der Waals surface area contributed by atoms with Crippen molar-refractivity contribution in [3.8, 4) is 0 Å². The highest BCUT2D eigenvalue weighted by Gasteiger charge is 2.22. The fourth-order valence-corrected chi connectivity index (χ4v) is 0.622. The average Bonchev–Trinajstić information content (AvgIpc) is 2.41. The molecule has 1 aliphatic carbocycles. The lowest BCUT2D eigenvalue weighted by Gasteiger charge is -1.87. The summed E-state index contributed by atoms with van der Waals surface area (Å²) in [6.07, 6.45) is 3.49. The highest BCUT2D eigenvalue weighted by molar-refractivity contribution is 5.67. The Hall–Kier alpha value is -0.530. The van der Waals surface area contributed by atoms with E-state index in [2.05, 4.69) is 0 Å². The molecule has 0 saturated heterocycles. The van der Waals surface area contributed by atoms with Gasteiger partial charge in [0.25, 0.3) is 0 Å². The molecule has 0 spiro atoms.